The molecular formula is C13H23GeN. The maximum absolute atomic E-state index is 2.93. The third-order valence-electron chi connectivity index (χ3n) is 4.94. The van der Waals surface area contributed by atoms with Crippen molar-refractivity contribution in [3.05, 3.63) is 12.2 Å². The van der Waals surface area contributed by atoms with Crippen molar-refractivity contribution in [2.24, 2.45) is 17.8 Å². The van der Waals surface area contributed by atoms with Crippen molar-refractivity contribution < 1.29 is 0 Å². The minimum absolute atomic E-state index is 0.953. The zero-order valence-corrected chi connectivity index (χ0v) is 12.2. The molecule has 0 amide bonds. The van der Waals surface area contributed by atoms with E-state index in [9.17, 15) is 0 Å². The second-order valence-corrected chi connectivity index (χ2v) is 16.4. The van der Waals surface area contributed by atoms with Crippen LogP contribution in [0.2, 0.25) is 16.8 Å². The summed E-state index contributed by atoms with van der Waals surface area (Å²) in [6.07, 6.45) is 9.44. The van der Waals surface area contributed by atoms with Crippen molar-refractivity contribution in [1.82, 2.24) is 3.86 Å². The van der Waals surface area contributed by atoms with E-state index in [4.69, 9.17) is 0 Å². The van der Waals surface area contributed by atoms with E-state index in [1.807, 2.05) is 0 Å². The molecule has 3 rings (SSSR count). The molecule has 2 bridgehead atoms. The predicted molar refractivity (Wildman–Crippen MR) is 67.3 cm³/mol. The van der Waals surface area contributed by atoms with E-state index in [0.717, 1.165) is 17.8 Å². The molecule has 3 aliphatic rings. The summed E-state index contributed by atoms with van der Waals surface area (Å²) in [7, 11) is 0. The van der Waals surface area contributed by atoms with Crippen LogP contribution in [-0.2, 0) is 0 Å². The first-order valence-corrected chi connectivity index (χ1v) is 13.2. The Labute approximate surface area is 96.5 Å². The van der Waals surface area contributed by atoms with E-state index in [1.165, 1.54) is 32.4 Å². The molecule has 2 fully saturated rings. The minimum atomic E-state index is -1.46. The molecular weight excluding hydrogens is 243 g/mol. The van der Waals surface area contributed by atoms with Crippen molar-refractivity contribution in [3.8, 4) is 0 Å². The molecule has 0 N–H and O–H groups in total. The number of nitrogens with zero attached hydrogens (tertiary/aromatic N) is 1. The summed E-state index contributed by atoms with van der Waals surface area (Å²) in [5.74, 6) is 8.14. The zero-order chi connectivity index (χ0) is 10.5. The van der Waals surface area contributed by atoms with Gasteiger partial charge in [0.05, 0.1) is 0 Å². The van der Waals surface area contributed by atoms with Crippen LogP contribution in [0, 0.1) is 17.8 Å². The standard InChI is InChI=1S/C13H23GeN/c1-14(2)6-3-7-15(14)10-13-9-11-4-5-12(13)8-11/h4-5,11-13H,3,6-10H2,1-2H3. The van der Waals surface area contributed by atoms with Crippen molar-refractivity contribution in [2.45, 2.75) is 36.0 Å². The van der Waals surface area contributed by atoms with Gasteiger partial charge in [-0.3, -0.25) is 0 Å². The first-order valence-electron chi connectivity index (χ1n) is 6.58. The molecule has 0 aromatic heterocycles. The van der Waals surface area contributed by atoms with E-state index >= 15 is 0 Å². The summed E-state index contributed by atoms with van der Waals surface area (Å²) in [6.45, 7) is 2.86. The number of hydrogen-bond donors (Lipinski definition) is 0. The molecule has 0 aromatic carbocycles. The number of allylic oxidation sites excluding steroid dienone is 2. The average molecular weight is 266 g/mol. The van der Waals surface area contributed by atoms with Crippen LogP contribution < -0.4 is 0 Å². The van der Waals surface area contributed by atoms with E-state index < -0.39 is 13.5 Å². The summed E-state index contributed by atoms with van der Waals surface area (Å²) in [5.41, 5.74) is 0. The molecule has 3 atom stereocenters. The molecule has 1 heterocycles. The second-order valence-electron chi connectivity index (χ2n) is 6.40. The molecule has 84 valence electrons. The van der Waals surface area contributed by atoms with Gasteiger partial charge in [0.2, 0.25) is 0 Å². The van der Waals surface area contributed by atoms with Crippen molar-refractivity contribution in [1.29, 1.82) is 0 Å². The number of fused-ring (bicyclic) bond motifs is 2. The average Bonchev–Trinajstić information content (AvgIpc) is 2.83. The molecule has 3 unspecified atom stereocenters. The molecule has 0 spiro atoms. The van der Waals surface area contributed by atoms with Crippen LogP contribution in [0.5, 0.6) is 0 Å². The molecule has 15 heavy (non-hydrogen) atoms. The normalized spacial score (nSPS) is 42.9. The quantitative estimate of drug-likeness (QED) is 0.548. The van der Waals surface area contributed by atoms with Crippen LogP contribution in [0.4, 0.5) is 0 Å². The summed E-state index contributed by atoms with van der Waals surface area (Å²) in [5, 5.41) is 1.58. The fraction of sp³-hybridized carbons (Fsp3) is 0.846. The molecule has 1 saturated heterocycles. The van der Waals surface area contributed by atoms with E-state index in [-0.39, 0.29) is 0 Å². The predicted octanol–water partition coefficient (Wildman–Crippen LogP) is 3.11. The molecule has 2 heteroatoms. The van der Waals surface area contributed by atoms with Gasteiger partial charge in [-0.2, -0.15) is 0 Å². The summed E-state index contributed by atoms with van der Waals surface area (Å²) >= 11 is -1.46. The van der Waals surface area contributed by atoms with Crippen LogP contribution in [-0.4, -0.2) is 30.4 Å². The molecule has 0 aromatic rings. The molecule has 1 saturated carbocycles. The maximum atomic E-state index is 2.93. The molecule has 1 nitrogen and oxygen atoms in total. The van der Waals surface area contributed by atoms with Gasteiger partial charge in [-0.1, -0.05) is 0 Å². The Balaban J connectivity index is 1.64. The summed E-state index contributed by atoms with van der Waals surface area (Å²) in [6, 6.07) is 0. The van der Waals surface area contributed by atoms with Crippen LogP contribution >= 0.6 is 0 Å². The van der Waals surface area contributed by atoms with Gasteiger partial charge < -0.3 is 0 Å². The molecule has 1 aliphatic heterocycles. The first-order chi connectivity index (χ1) is 7.15. The monoisotopic (exact) mass is 267 g/mol. The fourth-order valence-corrected chi connectivity index (χ4v) is 9.83. The van der Waals surface area contributed by atoms with Crippen molar-refractivity contribution in [3.63, 3.8) is 0 Å². The van der Waals surface area contributed by atoms with E-state index in [1.54, 1.807) is 5.25 Å². The Morgan fingerprint density at radius 2 is 2.13 bits per heavy atom. The molecule has 0 radical (unpaired) electrons. The van der Waals surface area contributed by atoms with Crippen LogP contribution in [0.25, 0.3) is 0 Å². The zero-order valence-electron chi connectivity index (χ0n) is 10.1. The number of hydrogen-bond acceptors (Lipinski definition) is 1. The van der Waals surface area contributed by atoms with E-state index in [0.29, 0.717) is 0 Å². The topological polar surface area (TPSA) is 3.24 Å². The van der Waals surface area contributed by atoms with E-state index in [2.05, 4.69) is 27.5 Å². The third kappa shape index (κ3) is 1.82. The Kier molecular flexibility index (Phi) is 2.51. The van der Waals surface area contributed by atoms with Gasteiger partial charge in [-0.25, -0.2) is 0 Å². The molecule has 2 aliphatic carbocycles. The first kappa shape index (κ1) is 10.4. The van der Waals surface area contributed by atoms with Gasteiger partial charge in [0.1, 0.15) is 0 Å². The van der Waals surface area contributed by atoms with Gasteiger partial charge in [0, 0.05) is 0 Å². The Bertz CT molecular complexity index is 284. The van der Waals surface area contributed by atoms with Gasteiger partial charge in [-0.15, -0.1) is 0 Å². The summed E-state index contributed by atoms with van der Waals surface area (Å²) in [4.78, 5) is 0. The van der Waals surface area contributed by atoms with Crippen LogP contribution in [0.15, 0.2) is 12.2 Å². The summed E-state index contributed by atoms with van der Waals surface area (Å²) < 4.78 is 2.93. The van der Waals surface area contributed by atoms with Gasteiger partial charge in [-0.05, 0) is 0 Å². The van der Waals surface area contributed by atoms with Gasteiger partial charge >= 0.3 is 96.4 Å². The Morgan fingerprint density at radius 1 is 1.27 bits per heavy atom. The SMILES string of the molecule is [CH3][Ge]1([CH3])[CH2]CC[N]1CC1CC2C=CC1C2. The third-order valence-corrected chi connectivity index (χ3v) is 12.7. The van der Waals surface area contributed by atoms with Crippen molar-refractivity contribution >= 4 is 13.5 Å². The number of rotatable bonds is 2. The van der Waals surface area contributed by atoms with Crippen molar-refractivity contribution in [2.75, 3.05) is 13.1 Å². The van der Waals surface area contributed by atoms with Gasteiger partial charge in [0.15, 0.2) is 0 Å². The Morgan fingerprint density at radius 3 is 2.67 bits per heavy atom. The van der Waals surface area contributed by atoms with Gasteiger partial charge in [0.25, 0.3) is 0 Å². The Hall–Kier alpha value is 0.243. The second kappa shape index (κ2) is 3.63. The van der Waals surface area contributed by atoms with Crippen LogP contribution in [0.1, 0.15) is 19.3 Å². The fourth-order valence-electron chi connectivity index (χ4n) is 3.89. The van der Waals surface area contributed by atoms with Crippen LogP contribution in [0.3, 0.4) is 0 Å².